The summed E-state index contributed by atoms with van der Waals surface area (Å²) >= 11 is 0. The van der Waals surface area contributed by atoms with Gasteiger partial charge in [-0.2, -0.15) is 5.10 Å². The molecule has 1 heterocycles. The third kappa shape index (κ3) is 6.86. The molecular formula is C23H25N3O4. The van der Waals surface area contributed by atoms with Crippen molar-refractivity contribution < 1.29 is 14.3 Å². The van der Waals surface area contributed by atoms with Gasteiger partial charge in [-0.1, -0.05) is 48.5 Å². The van der Waals surface area contributed by atoms with Crippen LogP contribution in [0.25, 0.3) is 0 Å². The molecule has 7 nitrogen and oxygen atoms in total. The lowest BCUT2D eigenvalue weighted by atomic mass is 10.2. The van der Waals surface area contributed by atoms with E-state index in [0.29, 0.717) is 31.9 Å². The summed E-state index contributed by atoms with van der Waals surface area (Å²) < 4.78 is 12.4. The smallest absolute Gasteiger partial charge is 0.271 e. The summed E-state index contributed by atoms with van der Waals surface area (Å²) in [6, 6.07) is 22.0. The molecule has 0 radical (unpaired) electrons. The Morgan fingerprint density at radius 3 is 2.43 bits per heavy atom. The van der Waals surface area contributed by atoms with E-state index in [9.17, 15) is 9.59 Å². The highest BCUT2D eigenvalue weighted by Crippen LogP contribution is 2.07. The van der Waals surface area contributed by atoms with E-state index >= 15 is 0 Å². The van der Waals surface area contributed by atoms with Crippen LogP contribution in [0.15, 0.2) is 77.6 Å². The number of carbonyl (C=O) groups is 1. The van der Waals surface area contributed by atoms with Crippen LogP contribution in [-0.2, 0) is 17.9 Å². The normalized spacial score (nSPS) is 10.5. The number of carbonyl (C=O) groups excluding carboxylic acids is 1. The number of aromatic nitrogens is 2. The summed E-state index contributed by atoms with van der Waals surface area (Å²) in [6.07, 6.45) is 0.684. The first-order valence-corrected chi connectivity index (χ1v) is 9.88. The molecule has 0 aliphatic rings. The number of hydrogen-bond acceptors (Lipinski definition) is 5. The number of ether oxygens (including phenoxy) is 2. The van der Waals surface area contributed by atoms with Crippen molar-refractivity contribution >= 4 is 5.91 Å². The number of hydrogen-bond donors (Lipinski definition) is 1. The highest BCUT2D eigenvalue weighted by atomic mass is 16.5. The fourth-order valence-electron chi connectivity index (χ4n) is 2.73. The summed E-state index contributed by atoms with van der Waals surface area (Å²) in [6.45, 7) is 2.08. The van der Waals surface area contributed by atoms with E-state index in [1.54, 1.807) is 0 Å². The van der Waals surface area contributed by atoms with Gasteiger partial charge in [0.05, 0.1) is 13.2 Å². The molecular weight excluding hydrogens is 382 g/mol. The third-order valence-corrected chi connectivity index (χ3v) is 4.28. The van der Waals surface area contributed by atoms with Crippen molar-refractivity contribution in [1.29, 1.82) is 0 Å². The molecule has 7 heteroatoms. The summed E-state index contributed by atoms with van der Waals surface area (Å²) in [5, 5.41) is 6.94. The number of benzene rings is 2. The van der Waals surface area contributed by atoms with E-state index in [-0.39, 0.29) is 30.3 Å². The lowest BCUT2D eigenvalue weighted by Gasteiger charge is -2.09. The molecule has 156 valence electrons. The van der Waals surface area contributed by atoms with Crippen LogP contribution in [0.5, 0.6) is 5.75 Å². The Bertz CT molecular complexity index is 974. The Balaban J connectivity index is 1.39. The average molecular weight is 407 g/mol. The van der Waals surface area contributed by atoms with E-state index in [1.807, 2.05) is 60.7 Å². The molecule has 0 atom stereocenters. The van der Waals surface area contributed by atoms with Crippen LogP contribution in [-0.4, -0.2) is 35.4 Å². The highest BCUT2D eigenvalue weighted by Gasteiger charge is 2.09. The maximum absolute atomic E-state index is 12.3. The standard InChI is InChI=1S/C23H25N3O4/c27-22-13-12-21(25-26(22)15-17-30-20-10-5-2-6-11-20)23(28)24-14-7-16-29-18-19-8-3-1-4-9-19/h1-6,8-13H,7,14-18H2,(H,24,28). The van der Waals surface area contributed by atoms with Gasteiger partial charge in [-0.15, -0.1) is 0 Å². The Morgan fingerprint density at radius 1 is 0.933 bits per heavy atom. The monoisotopic (exact) mass is 407 g/mol. The van der Waals surface area contributed by atoms with Crippen molar-refractivity contribution in [2.45, 2.75) is 19.6 Å². The van der Waals surface area contributed by atoms with Gasteiger partial charge in [0.2, 0.25) is 0 Å². The van der Waals surface area contributed by atoms with Crippen molar-refractivity contribution in [3.05, 3.63) is 94.4 Å². The fourth-order valence-corrected chi connectivity index (χ4v) is 2.73. The Hall–Kier alpha value is -3.45. The van der Waals surface area contributed by atoms with Crippen molar-refractivity contribution in [1.82, 2.24) is 15.1 Å². The SMILES string of the molecule is O=C(NCCCOCc1ccccc1)c1ccc(=O)n(CCOc2ccccc2)n1. The minimum absolute atomic E-state index is 0.194. The Morgan fingerprint density at radius 2 is 1.67 bits per heavy atom. The van der Waals surface area contributed by atoms with Crippen LogP contribution in [0.1, 0.15) is 22.5 Å². The molecule has 30 heavy (non-hydrogen) atoms. The average Bonchev–Trinajstić information content (AvgIpc) is 2.78. The number of rotatable bonds is 11. The van der Waals surface area contributed by atoms with Gasteiger partial charge < -0.3 is 14.8 Å². The molecule has 0 spiro atoms. The Kier molecular flexibility index (Phi) is 8.17. The second-order valence-corrected chi connectivity index (χ2v) is 6.59. The molecule has 0 unspecified atom stereocenters. The molecule has 3 aromatic rings. The fraction of sp³-hybridized carbons (Fsp3) is 0.261. The van der Waals surface area contributed by atoms with Gasteiger partial charge in [0.1, 0.15) is 18.1 Å². The topological polar surface area (TPSA) is 82.5 Å². The summed E-state index contributed by atoms with van der Waals surface area (Å²) in [5.41, 5.74) is 1.03. The number of nitrogens with one attached hydrogen (secondary N) is 1. The maximum Gasteiger partial charge on any atom is 0.271 e. The van der Waals surface area contributed by atoms with E-state index < -0.39 is 0 Å². The molecule has 0 fully saturated rings. The zero-order valence-electron chi connectivity index (χ0n) is 16.7. The number of para-hydroxylation sites is 1. The van der Waals surface area contributed by atoms with Gasteiger partial charge in [0.15, 0.2) is 0 Å². The van der Waals surface area contributed by atoms with Crippen molar-refractivity contribution in [3.8, 4) is 5.75 Å². The molecule has 1 aromatic heterocycles. The van der Waals surface area contributed by atoms with Crippen molar-refractivity contribution in [3.63, 3.8) is 0 Å². The second-order valence-electron chi connectivity index (χ2n) is 6.59. The first kappa shape index (κ1) is 21.3. The molecule has 0 saturated heterocycles. The van der Waals surface area contributed by atoms with Gasteiger partial charge in [0, 0.05) is 19.2 Å². The largest absolute Gasteiger partial charge is 0.492 e. The first-order valence-electron chi connectivity index (χ1n) is 9.88. The molecule has 0 aliphatic carbocycles. The van der Waals surface area contributed by atoms with Gasteiger partial charge in [0.25, 0.3) is 11.5 Å². The summed E-state index contributed by atoms with van der Waals surface area (Å²) in [4.78, 5) is 24.3. The molecule has 0 aliphatic heterocycles. The minimum Gasteiger partial charge on any atom is -0.492 e. The third-order valence-electron chi connectivity index (χ3n) is 4.28. The van der Waals surface area contributed by atoms with Crippen LogP contribution < -0.4 is 15.6 Å². The number of nitrogens with zero attached hydrogens (tertiary/aromatic N) is 2. The van der Waals surface area contributed by atoms with Crippen LogP contribution in [0.2, 0.25) is 0 Å². The molecule has 0 bridgehead atoms. The second kappa shape index (κ2) is 11.5. The van der Waals surface area contributed by atoms with Gasteiger partial charge in [-0.25, -0.2) is 4.68 Å². The first-order chi connectivity index (χ1) is 14.7. The van der Waals surface area contributed by atoms with Crippen LogP contribution in [0.4, 0.5) is 0 Å². The van der Waals surface area contributed by atoms with Crippen LogP contribution >= 0.6 is 0 Å². The highest BCUT2D eigenvalue weighted by molar-refractivity contribution is 5.91. The lowest BCUT2D eigenvalue weighted by molar-refractivity contribution is 0.0927. The van der Waals surface area contributed by atoms with Crippen molar-refractivity contribution in [2.24, 2.45) is 0 Å². The van der Waals surface area contributed by atoms with E-state index in [2.05, 4.69) is 10.4 Å². The maximum atomic E-state index is 12.3. The van der Waals surface area contributed by atoms with Crippen LogP contribution in [0.3, 0.4) is 0 Å². The van der Waals surface area contributed by atoms with Crippen molar-refractivity contribution in [2.75, 3.05) is 19.8 Å². The van der Waals surface area contributed by atoms with Gasteiger partial charge >= 0.3 is 0 Å². The quantitative estimate of drug-likeness (QED) is 0.494. The summed E-state index contributed by atoms with van der Waals surface area (Å²) in [7, 11) is 0. The number of amides is 1. The van der Waals surface area contributed by atoms with E-state index in [1.165, 1.54) is 16.8 Å². The molecule has 1 amide bonds. The van der Waals surface area contributed by atoms with Gasteiger partial charge in [-0.05, 0) is 30.2 Å². The van der Waals surface area contributed by atoms with Gasteiger partial charge in [-0.3, -0.25) is 9.59 Å². The van der Waals surface area contributed by atoms with E-state index in [0.717, 1.165) is 5.56 Å². The summed E-state index contributed by atoms with van der Waals surface area (Å²) in [5.74, 6) is 0.393. The van der Waals surface area contributed by atoms with E-state index in [4.69, 9.17) is 9.47 Å². The van der Waals surface area contributed by atoms with Crippen LogP contribution in [0, 0.1) is 0 Å². The zero-order chi connectivity index (χ0) is 21.0. The lowest BCUT2D eigenvalue weighted by Crippen LogP contribution is -2.31. The minimum atomic E-state index is -0.323. The predicted molar refractivity (Wildman–Crippen MR) is 113 cm³/mol. The zero-order valence-corrected chi connectivity index (χ0v) is 16.7. The molecule has 2 aromatic carbocycles. The molecule has 0 saturated carbocycles. The predicted octanol–water partition coefficient (Wildman–Crippen LogP) is 2.66. The molecule has 3 rings (SSSR count). The molecule has 1 N–H and O–H groups in total. The Labute approximate surface area is 175 Å².